The fraction of sp³-hybridized carbons (Fsp3) is 0.917. The molecule has 0 rings (SSSR count). The molecule has 0 fully saturated rings. The SMILES string of the molecule is CCC(CC)C(O)CNC(=O)C(C)(C)S(C)(=O)=O. The Balaban J connectivity index is 4.53. The summed E-state index contributed by atoms with van der Waals surface area (Å²) in [6, 6.07) is 0. The van der Waals surface area contributed by atoms with Crippen LogP contribution in [0.4, 0.5) is 0 Å². The van der Waals surface area contributed by atoms with Crippen LogP contribution in [0.25, 0.3) is 0 Å². The standard InChI is InChI=1S/C12H25NO4S/c1-6-9(7-2)10(14)8-13-11(15)12(3,4)18(5,16)17/h9-10,14H,6-8H2,1-5H3,(H,13,15). The molecule has 1 amide bonds. The van der Waals surface area contributed by atoms with E-state index in [4.69, 9.17) is 0 Å². The van der Waals surface area contributed by atoms with Crippen molar-refractivity contribution in [3.8, 4) is 0 Å². The zero-order chi connectivity index (χ0) is 14.6. The van der Waals surface area contributed by atoms with Crippen LogP contribution in [0.15, 0.2) is 0 Å². The lowest BCUT2D eigenvalue weighted by Gasteiger charge is -2.25. The van der Waals surface area contributed by atoms with Crippen LogP contribution >= 0.6 is 0 Å². The molecule has 18 heavy (non-hydrogen) atoms. The fourth-order valence-corrected chi connectivity index (χ4v) is 1.99. The van der Waals surface area contributed by atoms with Crippen molar-refractivity contribution >= 4 is 15.7 Å². The monoisotopic (exact) mass is 279 g/mol. The minimum absolute atomic E-state index is 0.0874. The third kappa shape index (κ3) is 4.24. The van der Waals surface area contributed by atoms with E-state index >= 15 is 0 Å². The molecule has 5 nitrogen and oxygen atoms in total. The van der Waals surface area contributed by atoms with Crippen molar-refractivity contribution in [3.05, 3.63) is 0 Å². The Morgan fingerprint density at radius 1 is 1.28 bits per heavy atom. The maximum atomic E-state index is 11.8. The van der Waals surface area contributed by atoms with Crippen LogP contribution in [0.3, 0.4) is 0 Å². The van der Waals surface area contributed by atoms with Crippen LogP contribution in [0.1, 0.15) is 40.5 Å². The molecule has 1 unspecified atom stereocenters. The summed E-state index contributed by atoms with van der Waals surface area (Å²) in [5.74, 6) is -0.457. The maximum absolute atomic E-state index is 11.8. The molecule has 108 valence electrons. The van der Waals surface area contributed by atoms with Gasteiger partial charge in [-0.1, -0.05) is 26.7 Å². The van der Waals surface area contributed by atoms with Gasteiger partial charge in [-0.25, -0.2) is 8.42 Å². The summed E-state index contributed by atoms with van der Waals surface area (Å²) in [6.45, 7) is 6.76. The molecule has 0 heterocycles. The Hall–Kier alpha value is -0.620. The number of carbonyl (C=O) groups excluding carboxylic acids is 1. The van der Waals surface area contributed by atoms with Gasteiger partial charge in [0.25, 0.3) is 0 Å². The van der Waals surface area contributed by atoms with Gasteiger partial charge in [0.1, 0.15) is 4.75 Å². The van der Waals surface area contributed by atoms with E-state index in [0.717, 1.165) is 19.1 Å². The van der Waals surface area contributed by atoms with Crippen LogP contribution < -0.4 is 5.32 Å². The molecule has 0 aliphatic carbocycles. The molecule has 0 aliphatic heterocycles. The van der Waals surface area contributed by atoms with Crippen molar-refractivity contribution < 1.29 is 18.3 Å². The third-order valence-corrected chi connectivity index (χ3v) is 5.58. The fourth-order valence-electron chi connectivity index (χ4n) is 1.58. The largest absolute Gasteiger partial charge is 0.391 e. The molecule has 0 aromatic heterocycles. The molecule has 0 saturated heterocycles. The van der Waals surface area contributed by atoms with E-state index in [1.54, 1.807) is 0 Å². The molecule has 0 aromatic carbocycles. The molecule has 0 saturated carbocycles. The average Bonchev–Trinajstić information content (AvgIpc) is 2.25. The van der Waals surface area contributed by atoms with E-state index in [1.165, 1.54) is 13.8 Å². The molecule has 0 spiro atoms. The van der Waals surface area contributed by atoms with Gasteiger partial charge in [-0.05, 0) is 19.8 Å². The van der Waals surface area contributed by atoms with Crippen molar-refractivity contribution in [2.75, 3.05) is 12.8 Å². The molecule has 0 aliphatic rings. The Labute approximate surface area is 110 Å². The summed E-state index contributed by atoms with van der Waals surface area (Å²) in [5, 5.41) is 12.4. The second-order valence-electron chi connectivity index (χ2n) is 5.14. The van der Waals surface area contributed by atoms with E-state index in [9.17, 15) is 18.3 Å². The Bertz CT molecular complexity index is 372. The smallest absolute Gasteiger partial charge is 0.240 e. The quantitative estimate of drug-likeness (QED) is 0.719. The highest BCUT2D eigenvalue weighted by atomic mass is 32.2. The highest BCUT2D eigenvalue weighted by molar-refractivity contribution is 7.92. The van der Waals surface area contributed by atoms with Crippen LogP contribution in [-0.4, -0.2) is 43.1 Å². The van der Waals surface area contributed by atoms with E-state index < -0.39 is 26.6 Å². The Morgan fingerprint density at radius 3 is 2.06 bits per heavy atom. The summed E-state index contributed by atoms with van der Waals surface area (Å²) in [7, 11) is -3.47. The number of carbonyl (C=O) groups is 1. The molecule has 1 atom stereocenters. The molecule has 6 heteroatoms. The van der Waals surface area contributed by atoms with Crippen LogP contribution in [0, 0.1) is 5.92 Å². The minimum Gasteiger partial charge on any atom is -0.391 e. The summed E-state index contributed by atoms with van der Waals surface area (Å²) in [4.78, 5) is 11.8. The van der Waals surface area contributed by atoms with Gasteiger partial charge in [-0.2, -0.15) is 0 Å². The number of aliphatic hydroxyl groups is 1. The lowest BCUT2D eigenvalue weighted by molar-refractivity contribution is -0.123. The van der Waals surface area contributed by atoms with Crippen molar-refractivity contribution in [2.45, 2.75) is 51.4 Å². The highest BCUT2D eigenvalue weighted by Gasteiger charge is 2.38. The van der Waals surface area contributed by atoms with Gasteiger partial charge in [-0.15, -0.1) is 0 Å². The van der Waals surface area contributed by atoms with Gasteiger partial charge in [0.15, 0.2) is 9.84 Å². The van der Waals surface area contributed by atoms with E-state index in [-0.39, 0.29) is 12.5 Å². The third-order valence-electron chi connectivity index (χ3n) is 3.54. The molecule has 2 N–H and O–H groups in total. The summed E-state index contributed by atoms with van der Waals surface area (Å²) in [5.41, 5.74) is 0. The van der Waals surface area contributed by atoms with E-state index in [1.807, 2.05) is 13.8 Å². The van der Waals surface area contributed by atoms with Crippen LogP contribution in [-0.2, 0) is 14.6 Å². The second-order valence-corrected chi connectivity index (χ2v) is 7.70. The lowest BCUT2D eigenvalue weighted by atomic mass is 9.96. The predicted octanol–water partition coefficient (Wildman–Crippen LogP) is 0.723. The van der Waals surface area contributed by atoms with Gasteiger partial charge in [0.2, 0.25) is 5.91 Å². The molecule has 0 radical (unpaired) electrons. The van der Waals surface area contributed by atoms with Crippen LogP contribution in [0.2, 0.25) is 0 Å². The molecule has 0 bridgehead atoms. The first-order valence-electron chi connectivity index (χ1n) is 6.23. The maximum Gasteiger partial charge on any atom is 0.240 e. The number of aliphatic hydroxyl groups excluding tert-OH is 1. The van der Waals surface area contributed by atoms with Gasteiger partial charge in [0, 0.05) is 12.8 Å². The molecular weight excluding hydrogens is 254 g/mol. The average molecular weight is 279 g/mol. The minimum atomic E-state index is -3.47. The number of nitrogens with one attached hydrogen (secondary N) is 1. The lowest BCUT2D eigenvalue weighted by Crippen LogP contribution is -2.50. The Morgan fingerprint density at radius 2 is 1.72 bits per heavy atom. The zero-order valence-electron chi connectivity index (χ0n) is 11.9. The van der Waals surface area contributed by atoms with Crippen molar-refractivity contribution in [1.29, 1.82) is 0 Å². The first-order chi connectivity index (χ1) is 8.07. The van der Waals surface area contributed by atoms with Gasteiger partial charge in [-0.3, -0.25) is 4.79 Å². The van der Waals surface area contributed by atoms with Gasteiger partial charge in [0.05, 0.1) is 6.10 Å². The number of hydrogen-bond donors (Lipinski definition) is 2. The normalized spacial score (nSPS) is 14.6. The Kier molecular flexibility index (Phi) is 6.29. The summed E-state index contributed by atoms with van der Waals surface area (Å²) < 4.78 is 21.5. The number of rotatable bonds is 7. The van der Waals surface area contributed by atoms with E-state index in [0.29, 0.717) is 0 Å². The van der Waals surface area contributed by atoms with Crippen LogP contribution in [0.5, 0.6) is 0 Å². The van der Waals surface area contributed by atoms with Crippen molar-refractivity contribution in [2.24, 2.45) is 5.92 Å². The second kappa shape index (κ2) is 6.52. The van der Waals surface area contributed by atoms with Crippen molar-refractivity contribution in [1.82, 2.24) is 5.32 Å². The number of sulfone groups is 1. The first kappa shape index (κ1) is 17.4. The van der Waals surface area contributed by atoms with Crippen molar-refractivity contribution in [3.63, 3.8) is 0 Å². The topological polar surface area (TPSA) is 83.5 Å². The van der Waals surface area contributed by atoms with E-state index in [2.05, 4.69) is 5.32 Å². The predicted molar refractivity (Wildman–Crippen MR) is 72.0 cm³/mol. The number of hydrogen-bond acceptors (Lipinski definition) is 4. The highest BCUT2D eigenvalue weighted by Crippen LogP contribution is 2.16. The zero-order valence-corrected chi connectivity index (χ0v) is 12.7. The molecule has 0 aromatic rings. The van der Waals surface area contributed by atoms with Gasteiger partial charge >= 0.3 is 0 Å². The summed E-state index contributed by atoms with van der Waals surface area (Å²) in [6.07, 6.45) is 2.04. The molecular formula is C12H25NO4S. The first-order valence-corrected chi connectivity index (χ1v) is 8.13. The van der Waals surface area contributed by atoms with Gasteiger partial charge < -0.3 is 10.4 Å². The summed E-state index contributed by atoms with van der Waals surface area (Å²) >= 11 is 0. The number of amides is 1.